The Morgan fingerprint density at radius 1 is 0.829 bits per heavy atom. The summed E-state index contributed by atoms with van der Waals surface area (Å²) >= 11 is 0. The molecule has 0 aliphatic rings. The third-order valence-corrected chi connectivity index (χ3v) is 6.31. The molecule has 0 N–H and O–H groups in total. The summed E-state index contributed by atoms with van der Waals surface area (Å²) in [5.74, 6) is -0.156. The molecule has 0 saturated heterocycles. The number of amides is 1. The Kier molecular flexibility index (Phi) is 13.1. The van der Waals surface area contributed by atoms with Crippen molar-refractivity contribution >= 4 is 11.9 Å². The molecule has 1 atom stereocenters. The molecule has 1 amide bonds. The van der Waals surface area contributed by atoms with E-state index in [1.807, 2.05) is 24.0 Å². The monoisotopic (exact) mass is 481 g/mol. The lowest BCUT2D eigenvalue weighted by atomic mass is 10.0. The Balaban J connectivity index is 1.96. The minimum Gasteiger partial charge on any atom is -0.467 e. The van der Waals surface area contributed by atoms with E-state index in [9.17, 15) is 9.59 Å². The number of unbranched alkanes of at least 4 members (excludes halogenated alkanes) is 4. The van der Waals surface area contributed by atoms with Gasteiger partial charge in [-0.3, -0.25) is 4.79 Å². The van der Waals surface area contributed by atoms with Gasteiger partial charge >= 0.3 is 5.97 Å². The van der Waals surface area contributed by atoms with E-state index in [0.29, 0.717) is 26.0 Å². The third-order valence-electron chi connectivity index (χ3n) is 6.31. The van der Waals surface area contributed by atoms with Crippen LogP contribution in [0.4, 0.5) is 0 Å². The normalized spacial score (nSPS) is 11.8. The number of methoxy groups -OCH3 is 1. The molecule has 5 nitrogen and oxygen atoms in total. The number of carbonyl (C=O) groups excluding carboxylic acids is 2. The molecule has 0 spiro atoms. The van der Waals surface area contributed by atoms with Gasteiger partial charge < -0.3 is 14.4 Å². The molecule has 0 aromatic heterocycles. The van der Waals surface area contributed by atoms with Crippen molar-refractivity contribution in [1.82, 2.24) is 4.90 Å². The van der Waals surface area contributed by atoms with Crippen molar-refractivity contribution in [3.05, 3.63) is 70.8 Å². The Morgan fingerprint density at radius 3 is 2.09 bits per heavy atom. The van der Waals surface area contributed by atoms with Gasteiger partial charge in [-0.2, -0.15) is 0 Å². The molecule has 1 unspecified atom stereocenters. The first kappa shape index (κ1) is 28.6. The first-order valence-corrected chi connectivity index (χ1v) is 13.1. The van der Waals surface area contributed by atoms with Crippen molar-refractivity contribution in [2.45, 2.75) is 78.2 Å². The van der Waals surface area contributed by atoms with Gasteiger partial charge in [0.15, 0.2) is 6.10 Å². The summed E-state index contributed by atoms with van der Waals surface area (Å²) in [5, 5.41) is 0. The summed E-state index contributed by atoms with van der Waals surface area (Å²) in [5.41, 5.74) is 4.48. The van der Waals surface area contributed by atoms with Gasteiger partial charge in [0, 0.05) is 26.1 Å². The standard InChI is InChI=1S/C30H43NO4/c1-5-7-8-9-10-20-31(29(32)23-27-13-11-24(3)12-14-27)21-19-25-15-17-26(18-16-25)22-28(35-6-2)30(33)34-4/h11-18,28H,5-10,19-23H2,1-4H3. The van der Waals surface area contributed by atoms with E-state index in [4.69, 9.17) is 9.47 Å². The van der Waals surface area contributed by atoms with Gasteiger partial charge in [0.05, 0.1) is 13.5 Å². The molecule has 0 saturated carbocycles. The van der Waals surface area contributed by atoms with E-state index in [2.05, 4.69) is 50.2 Å². The highest BCUT2D eigenvalue weighted by atomic mass is 16.6. The lowest BCUT2D eigenvalue weighted by Gasteiger charge is -2.23. The lowest BCUT2D eigenvalue weighted by molar-refractivity contribution is -0.153. The molecule has 0 radical (unpaired) electrons. The third kappa shape index (κ3) is 10.6. The minimum atomic E-state index is -0.585. The molecule has 0 heterocycles. The van der Waals surface area contributed by atoms with E-state index >= 15 is 0 Å². The number of rotatable bonds is 16. The van der Waals surface area contributed by atoms with Crippen molar-refractivity contribution in [1.29, 1.82) is 0 Å². The maximum absolute atomic E-state index is 13.1. The van der Waals surface area contributed by atoms with Crippen LogP contribution in [0.1, 0.15) is 68.2 Å². The van der Waals surface area contributed by atoms with Gasteiger partial charge in [-0.15, -0.1) is 0 Å². The van der Waals surface area contributed by atoms with Gasteiger partial charge in [-0.25, -0.2) is 4.79 Å². The van der Waals surface area contributed by atoms with Gasteiger partial charge in [0.1, 0.15) is 0 Å². The molecule has 0 aliphatic carbocycles. The predicted molar refractivity (Wildman–Crippen MR) is 142 cm³/mol. The van der Waals surface area contributed by atoms with Crippen LogP contribution >= 0.6 is 0 Å². The number of esters is 1. The molecule has 2 aromatic rings. The van der Waals surface area contributed by atoms with Gasteiger partial charge in [0.2, 0.25) is 5.91 Å². The fraction of sp³-hybridized carbons (Fsp3) is 0.533. The fourth-order valence-corrected chi connectivity index (χ4v) is 4.12. The maximum Gasteiger partial charge on any atom is 0.335 e. The SMILES string of the molecule is CCCCCCCN(CCc1ccc(CC(OCC)C(=O)OC)cc1)C(=O)Cc1ccc(C)cc1. The highest BCUT2D eigenvalue weighted by Gasteiger charge is 2.20. The Hall–Kier alpha value is -2.66. The zero-order valence-corrected chi connectivity index (χ0v) is 22.1. The quantitative estimate of drug-likeness (QED) is 0.228. The molecular weight excluding hydrogens is 438 g/mol. The lowest BCUT2D eigenvalue weighted by Crippen LogP contribution is -2.35. The topological polar surface area (TPSA) is 55.8 Å². The summed E-state index contributed by atoms with van der Waals surface area (Å²) < 4.78 is 10.4. The summed E-state index contributed by atoms with van der Waals surface area (Å²) in [4.78, 5) is 27.1. The van der Waals surface area contributed by atoms with Crippen LogP contribution in [0.2, 0.25) is 0 Å². The number of ether oxygens (including phenoxy) is 2. The maximum atomic E-state index is 13.1. The molecular formula is C30H43NO4. The summed E-state index contributed by atoms with van der Waals surface area (Å²) in [6.07, 6.45) is 7.07. The Morgan fingerprint density at radius 2 is 1.46 bits per heavy atom. The van der Waals surface area contributed by atoms with E-state index < -0.39 is 6.10 Å². The van der Waals surface area contributed by atoms with Crippen LogP contribution in [0.5, 0.6) is 0 Å². The Bertz CT molecular complexity index is 876. The van der Waals surface area contributed by atoms with Crippen molar-refractivity contribution in [2.24, 2.45) is 0 Å². The minimum absolute atomic E-state index is 0.193. The fourth-order valence-electron chi connectivity index (χ4n) is 4.12. The molecule has 0 fully saturated rings. The highest BCUT2D eigenvalue weighted by molar-refractivity contribution is 5.78. The summed E-state index contributed by atoms with van der Waals surface area (Å²) in [6.45, 7) is 8.13. The zero-order valence-electron chi connectivity index (χ0n) is 22.1. The molecule has 2 rings (SSSR count). The highest BCUT2D eigenvalue weighted by Crippen LogP contribution is 2.13. The summed E-state index contributed by atoms with van der Waals surface area (Å²) in [7, 11) is 1.38. The average Bonchev–Trinajstić information content (AvgIpc) is 2.87. The van der Waals surface area contributed by atoms with Gasteiger partial charge in [0.25, 0.3) is 0 Å². The molecule has 5 heteroatoms. The number of benzene rings is 2. The van der Waals surface area contributed by atoms with Gasteiger partial charge in [-0.05, 0) is 43.4 Å². The number of nitrogens with zero attached hydrogens (tertiary/aromatic N) is 1. The van der Waals surface area contributed by atoms with Crippen molar-refractivity contribution < 1.29 is 19.1 Å². The van der Waals surface area contributed by atoms with Crippen molar-refractivity contribution in [3.63, 3.8) is 0 Å². The second-order valence-electron chi connectivity index (χ2n) is 9.20. The molecule has 192 valence electrons. The second kappa shape index (κ2) is 16.1. The van der Waals surface area contributed by atoms with Crippen LogP contribution in [0, 0.1) is 6.92 Å². The number of aryl methyl sites for hydroxylation is 1. The van der Waals surface area contributed by atoms with Crippen molar-refractivity contribution in [2.75, 3.05) is 26.8 Å². The van der Waals surface area contributed by atoms with E-state index in [-0.39, 0.29) is 11.9 Å². The van der Waals surface area contributed by atoms with E-state index in [1.165, 1.54) is 37.5 Å². The first-order chi connectivity index (χ1) is 17.0. The van der Waals surface area contributed by atoms with Gasteiger partial charge in [-0.1, -0.05) is 86.7 Å². The Labute approximate surface area is 211 Å². The molecule has 35 heavy (non-hydrogen) atoms. The first-order valence-electron chi connectivity index (χ1n) is 13.1. The summed E-state index contributed by atoms with van der Waals surface area (Å²) in [6, 6.07) is 16.5. The second-order valence-corrected chi connectivity index (χ2v) is 9.20. The number of carbonyl (C=O) groups is 2. The van der Waals surface area contributed by atoms with Crippen LogP contribution in [-0.4, -0.2) is 49.7 Å². The van der Waals surface area contributed by atoms with Crippen molar-refractivity contribution in [3.8, 4) is 0 Å². The van der Waals surface area contributed by atoms with E-state index in [0.717, 1.165) is 36.9 Å². The number of hydrogen-bond donors (Lipinski definition) is 0. The largest absolute Gasteiger partial charge is 0.467 e. The molecule has 0 bridgehead atoms. The van der Waals surface area contributed by atoms with Crippen LogP contribution in [0.25, 0.3) is 0 Å². The van der Waals surface area contributed by atoms with Crippen LogP contribution in [-0.2, 0) is 38.3 Å². The molecule has 0 aliphatic heterocycles. The predicted octanol–water partition coefficient (Wildman–Crippen LogP) is 5.70. The van der Waals surface area contributed by atoms with Crippen LogP contribution in [0.3, 0.4) is 0 Å². The number of hydrogen-bond acceptors (Lipinski definition) is 4. The molecule has 2 aromatic carbocycles. The van der Waals surface area contributed by atoms with Crippen LogP contribution < -0.4 is 0 Å². The average molecular weight is 482 g/mol. The zero-order chi connectivity index (χ0) is 25.5. The smallest absolute Gasteiger partial charge is 0.335 e. The van der Waals surface area contributed by atoms with Crippen LogP contribution in [0.15, 0.2) is 48.5 Å². The van der Waals surface area contributed by atoms with E-state index in [1.54, 1.807) is 0 Å².